The minimum absolute atomic E-state index is 0.211. The molecule has 1 unspecified atom stereocenters. The lowest BCUT2D eigenvalue weighted by molar-refractivity contribution is 0.229. The van der Waals surface area contributed by atoms with Crippen molar-refractivity contribution in [3.05, 3.63) is 59.4 Å². The van der Waals surface area contributed by atoms with E-state index in [0.29, 0.717) is 18.3 Å². The predicted octanol–water partition coefficient (Wildman–Crippen LogP) is 3.64. The van der Waals surface area contributed by atoms with Gasteiger partial charge in [-0.25, -0.2) is 9.38 Å². The molecular weight excluding hydrogens is 293 g/mol. The third-order valence-corrected chi connectivity index (χ3v) is 3.43. The van der Waals surface area contributed by atoms with Gasteiger partial charge in [0.15, 0.2) is 5.96 Å². The van der Waals surface area contributed by atoms with E-state index in [-0.39, 0.29) is 11.9 Å². The molecule has 0 bridgehead atoms. The number of rotatable bonds is 5. The summed E-state index contributed by atoms with van der Waals surface area (Å²) in [5.41, 5.74) is 9.19. The van der Waals surface area contributed by atoms with E-state index >= 15 is 0 Å². The normalized spacial score (nSPS) is 12.8. The molecule has 4 nitrogen and oxygen atoms in total. The molecule has 23 heavy (non-hydrogen) atoms. The van der Waals surface area contributed by atoms with Crippen molar-refractivity contribution in [3.63, 3.8) is 0 Å². The maximum atomic E-state index is 13.1. The van der Waals surface area contributed by atoms with Crippen LogP contribution in [-0.2, 0) is 0 Å². The molecular formula is C18H22FN3O. The number of nitrogens with two attached hydrogens (primary N) is 1. The highest BCUT2D eigenvalue weighted by Gasteiger charge is 2.05. The van der Waals surface area contributed by atoms with Gasteiger partial charge in [0, 0.05) is 11.8 Å². The molecule has 2 rings (SSSR count). The van der Waals surface area contributed by atoms with Crippen LogP contribution in [0.3, 0.4) is 0 Å². The van der Waals surface area contributed by atoms with E-state index in [0.717, 1.165) is 5.69 Å². The third-order valence-electron chi connectivity index (χ3n) is 3.43. The average molecular weight is 315 g/mol. The topological polar surface area (TPSA) is 59.6 Å². The highest BCUT2D eigenvalue weighted by Crippen LogP contribution is 2.15. The van der Waals surface area contributed by atoms with Crippen molar-refractivity contribution in [2.45, 2.75) is 26.9 Å². The van der Waals surface area contributed by atoms with Gasteiger partial charge in [0.05, 0.1) is 6.54 Å². The van der Waals surface area contributed by atoms with Crippen molar-refractivity contribution in [2.75, 3.05) is 11.9 Å². The zero-order chi connectivity index (χ0) is 16.8. The average Bonchev–Trinajstić information content (AvgIpc) is 2.49. The molecule has 5 heteroatoms. The number of hydrogen-bond donors (Lipinski definition) is 2. The first-order valence-electron chi connectivity index (χ1n) is 7.50. The summed E-state index contributed by atoms with van der Waals surface area (Å²) >= 11 is 0. The van der Waals surface area contributed by atoms with Crippen LogP contribution in [0.25, 0.3) is 0 Å². The summed E-state index contributed by atoms with van der Waals surface area (Å²) in [5, 5.41) is 3.05. The van der Waals surface area contributed by atoms with Gasteiger partial charge < -0.3 is 15.8 Å². The molecule has 2 aromatic rings. The Labute approximate surface area is 136 Å². The van der Waals surface area contributed by atoms with E-state index in [2.05, 4.69) is 17.2 Å². The molecule has 0 aliphatic heterocycles. The van der Waals surface area contributed by atoms with E-state index in [1.165, 1.54) is 23.3 Å². The van der Waals surface area contributed by atoms with E-state index < -0.39 is 0 Å². The van der Waals surface area contributed by atoms with E-state index in [9.17, 15) is 4.39 Å². The molecule has 2 aromatic carbocycles. The SMILES string of the molecule is Cc1ccc(NC(N)=NCC(C)Oc2cccc(F)c2)cc1C. The molecule has 0 aliphatic rings. The monoisotopic (exact) mass is 315 g/mol. The molecule has 0 spiro atoms. The molecule has 3 N–H and O–H groups in total. The second-order valence-corrected chi connectivity index (χ2v) is 5.54. The first-order valence-corrected chi connectivity index (χ1v) is 7.50. The molecule has 0 radical (unpaired) electrons. The lowest BCUT2D eigenvalue weighted by Crippen LogP contribution is -2.25. The quantitative estimate of drug-likeness (QED) is 0.654. The summed E-state index contributed by atoms with van der Waals surface area (Å²) in [6.07, 6.45) is -0.211. The molecule has 122 valence electrons. The van der Waals surface area contributed by atoms with Crippen LogP contribution in [-0.4, -0.2) is 18.6 Å². The molecule has 0 saturated carbocycles. The second kappa shape index (κ2) is 7.63. The Morgan fingerprint density at radius 1 is 1.22 bits per heavy atom. The summed E-state index contributed by atoms with van der Waals surface area (Å²) in [5.74, 6) is 0.477. The Morgan fingerprint density at radius 3 is 2.70 bits per heavy atom. The third kappa shape index (κ3) is 5.29. The van der Waals surface area contributed by atoms with Crippen LogP contribution in [0.15, 0.2) is 47.5 Å². The lowest BCUT2D eigenvalue weighted by Gasteiger charge is -2.13. The first kappa shape index (κ1) is 16.8. The van der Waals surface area contributed by atoms with Gasteiger partial charge in [-0.3, -0.25) is 0 Å². The Hall–Kier alpha value is -2.56. The smallest absolute Gasteiger partial charge is 0.193 e. The molecule has 1 atom stereocenters. The van der Waals surface area contributed by atoms with Crippen molar-refractivity contribution in [3.8, 4) is 5.75 Å². The largest absolute Gasteiger partial charge is 0.489 e. The van der Waals surface area contributed by atoms with Gasteiger partial charge in [0.1, 0.15) is 17.7 Å². The van der Waals surface area contributed by atoms with E-state index in [4.69, 9.17) is 10.5 Å². The number of halogens is 1. The van der Waals surface area contributed by atoms with Crippen LogP contribution in [0.5, 0.6) is 5.75 Å². The summed E-state index contributed by atoms with van der Waals surface area (Å²) in [6, 6.07) is 12.0. The molecule has 0 saturated heterocycles. The van der Waals surface area contributed by atoms with Crippen molar-refractivity contribution >= 4 is 11.6 Å². The van der Waals surface area contributed by atoms with Gasteiger partial charge in [-0.15, -0.1) is 0 Å². The van der Waals surface area contributed by atoms with E-state index in [1.807, 2.05) is 32.0 Å². The molecule has 0 fully saturated rings. The Kier molecular flexibility index (Phi) is 5.57. The Bertz CT molecular complexity index is 700. The maximum Gasteiger partial charge on any atom is 0.193 e. The molecule has 0 aromatic heterocycles. The minimum atomic E-state index is -0.325. The molecule has 0 amide bonds. The van der Waals surface area contributed by atoms with Crippen LogP contribution in [0.1, 0.15) is 18.1 Å². The number of nitrogens with one attached hydrogen (secondary N) is 1. The predicted molar refractivity (Wildman–Crippen MR) is 92.5 cm³/mol. The first-order chi connectivity index (χ1) is 10.9. The zero-order valence-electron chi connectivity index (χ0n) is 13.6. The highest BCUT2D eigenvalue weighted by molar-refractivity contribution is 5.92. The summed E-state index contributed by atoms with van der Waals surface area (Å²) in [6.45, 7) is 6.34. The number of aliphatic imine (C=N–C) groups is 1. The van der Waals surface area contributed by atoms with Gasteiger partial charge >= 0.3 is 0 Å². The van der Waals surface area contributed by atoms with Crippen LogP contribution < -0.4 is 15.8 Å². The fourth-order valence-corrected chi connectivity index (χ4v) is 2.04. The Balaban J connectivity index is 1.89. The van der Waals surface area contributed by atoms with Crippen molar-refractivity contribution in [2.24, 2.45) is 10.7 Å². The number of aryl methyl sites for hydroxylation is 2. The zero-order valence-corrected chi connectivity index (χ0v) is 13.6. The minimum Gasteiger partial charge on any atom is -0.489 e. The summed E-state index contributed by atoms with van der Waals surface area (Å²) in [7, 11) is 0. The van der Waals surface area contributed by atoms with Crippen LogP contribution in [0.4, 0.5) is 10.1 Å². The van der Waals surface area contributed by atoms with Crippen LogP contribution in [0.2, 0.25) is 0 Å². The van der Waals surface area contributed by atoms with Crippen LogP contribution in [0, 0.1) is 19.7 Å². The Morgan fingerprint density at radius 2 is 2.00 bits per heavy atom. The number of hydrogen-bond acceptors (Lipinski definition) is 2. The van der Waals surface area contributed by atoms with Gasteiger partial charge in [-0.05, 0) is 56.2 Å². The number of nitrogens with zero attached hydrogens (tertiary/aromatic N) is 1. The number of anilines is 1. The van der Waals surface area contributed by atoms with E-state index in [1.54, 1.807) is 12.1 Å². The van der Waals surface area contributed by atoms with Gasteiger partial charge in [0.2, 0.25) is 0 Å². The lowest BCUT2D eigenvalue weighted by atomic mass is 10.1. The number of guanidine groups is 1. The highest BCUT2D eigenvalue weighted by atomic mass is 19.1. The van der Waals surface area contributed by atoms with Crippen molar-refractivity contribution in [1.29, 1.82) is 0 Å². The van der Waals surface area contributed by atoms with Gasteiger partial charge in [0.25, 0.3) is 0 Å². The molecule has 0 aliphatic carbocycles. The fraction of sp³-hybridized carbons (Fsp3) is 0.278. The molecule has 0 heterocycles. The second-order valence-electron chi connectivity index (χ2n) is 5.54. The fourth-order valence-electron chi connectivity index (χ4n) is 2.04. The standard InChI is InChI=1S/C18H22FN3O/c1-12-7-8-16(9-13(12)2)22-18(20)21-11-14(3)23-17-6-4-5-15(19)10-17/h4-10,14H,11H2,1-3H3,(H3,20,21,22). The number of ether oxygens (including phenoxy) is 1. The van der Waals surface area contributed by atoms with Gasteiger partial charge in [-0.2, -0.15) is 0 Å². The summed E-state index contributed by atoms with van der Waals surface area (Å²) < 4.78 is 18.7. The number of benzene rings is 2. The summed E-state index contributed by atoms with van der Waals surface area (Å²) in [4.78, 5) is 4.25. The van der Waals surface area contributed by atoms with Crippen LogP contribution >= 0.6 is 0 Å². The van der Waals surface area contributed by atoms with Gasteiger partial charge in [-0.1, -0.05) is 12.1 Å². The maximum absolute atomic E-state index is 13.1. The van der Waals surface area contributed by atoms with Crippen molar-refractivity contribution in [1.82, 2.24) is 0 Å². The van der Waals surface area contributed by atoms with Crippen molar-refractivity contribution < 1.29 is 9.13 Å².